The Labute approximate surface area is 218 Å². The average Bonchev–Trinajstić information content (AvgIpc) is 3.18. The molecule has 0 unspecified atom stereocenters. The van der Waals surface area contributed by atoms with Crippen LogP contribution in [0, 0.1) is 0 Å². The van der Waals surface area contributed by atoms with Crippen LogP contribution in [0.1, 0.15) is 74.9 Å². The molecule has 0 aromatic heterocycles. The van der Waals surface area contributed by atoms with Gasteiger partial charge in [0.05, 0.1) is 0 Å². The van der Waals surface area contributed by atoms with Gasteiger partial charge < -0.3 is 0 Å². The van der Waals surface area contributed by atoms with Crippen LogP contribution in [0.25, 0.3) is 21.9 Å². The summed E-state index contributed by atoms with van der Waals surface area (Å²) in [5, 5.41) is 2.67. The highest BCUT2D eigenvalue weighted by molar-refractivity contribution is 7.98. The Morgan fingerprint density at radius 1 is 0.543 bits per heavy atom. The Morgan fingerprint density at radius 2 is 0.971 bits per heavy atom. The summed E-state index contributed by atoms with van der Waals surface area (Å²) in [6.07, 6.45) is 1.06. The van der Waals surface area contributed by atoms with Crippen molar-refractivity contribution in [2.24, 2.45) is 0 Å². The Kier molecular flexibility index (Phi) is 5.44. The largest absolute Gasteiger partial charge is 0.121 e. The summed E-state index contributed by atoms with van der Waals surface area (Å²) in [5.74, 6) is 2.03. The van der Waals surface area contributed by atoms with Gasteiger partial charge in [0.1, 0.15) is 0 Å². The van der Waals surface area contributed by atoms with Crippen molar-refractivity contribution in [3.63, 3.8) is 0 Å². The Bertz CT molecular complexity index is 1370. The lowest BCUT2D eigenvalue weighted by atomic mass is 9.82. The molecular weight excluding hydrogens is 460 g/mol. The fraction of sp³-hybridized carbons (Fsp3) is 0.333. The Balaban J connectivity index is 1.61. The second kappa shape index (κ2) is 8.18. The van der Waals surface area contributed by atoms with Crippen LogP contribution in [-0.4, -0.2) is 0 Å². The number of benzene rings is 4. The third-order valence-electron chi connectivity index (χ3n) is 7.63. The summed E-state index contributed by atoms with van der Waals surface area (Å²) < 4.78 is 0. The van der Waals surface area contributed by atoms with Gasteiger partial charge in [0.25, 0.3) is 0 Å². The summed E-state index contributed by atoms with van der Waals surface area (Å²) in [6, 6.07) is 24.0. The lowest BCUT2D eigenvalue weighted by molar-refractivity contribution is 0.589. The molecule has 35 heavy (non-hydrogen) atoms. The Morgan fingerprint density at radius 3 is 1.37 bits per heavy atom. The molecule has 178 valence electrons. The predicted molar refractivity (Wildman–Crippen MR) is 155 cm³/mol. The molecule has 2 heteroatoms. The quantitative estimate of drug-likeness (QED) is 0.210. The van der Waals surface area contributed by atoms with Crippen LogP contribution < -0.4 is 0 Å². The van der Waals surface area contributed by atoms with Crippen molar-refractivity contribution in [1.29, 1.82) is 0 Å². The molecule has 0 radical (unpaired) electrons. The highest BCUT2D eigenvalue weighted by atomic mass is 32.2. The van der Waals surface area contributed by atoms with E-state index in [4.69, 9.17) is 0 Å². The second-order valence-corrected chi connectivity index (χ2v) is 14.3. The standard InChI is InChI=1S/C33H34S2/c1-32(2,3)24-11-22-18-34-26-9-7-21-14-27(10-8-20(21)13-26)35-19-23-12-25(33(4,5)6)16-31-29(23)17-28(22)30(31)15-24/h7-16H,17-19H2,1-6H3. The molecule has 7 rings (SSSR count). The van der Waals surface area contributed by atoms with Crippen LogP contribution in [0.5, 0.6) is 0 Å². The topological polar surface area (TPSA) is 0 Å². The van der Waals surface area contributed by atoms with Crippen molar-refractivity contribution < 1.29 is 0 Å². The molecule has 2 heterocycles. The van der Waals surface area contributed by atoms with Crippen LogP contribution in [-0.2, 0) is 28.8 Å². The molecule has 0 amide bonds. The molecule has 4 aromatic carbocycles. The van der Waals surface area contributed by atoms with Gasteiger partial charge in [-0.25, -0.2) is 0 Å². The smallest absolute Gasteiger partial charge is 0.0235 e. The van der Waals surface area contributed by atoms with E-state index in [2.05, 4.69) is 102 Å². The van der Waals surface area contributed by atoms with E-state index in [0.29, 0.717) is 0 Å². The van der Waals surface area contributed by atoms with E-state index in [-0.39, 0.29) is 10.8 Å². The van der Waals surface area contributed by atoms with E-state index in [1.54, 1.807) is 11.1 Å². The zero-order valence-electron chi connectivity index (χ0n) is 21.7. The Hall–Kier alpha value is -2.16. The summed E-state index contributed by atoms with van der Waals surface area (Å²) >= 11 is 3.96. The van der Waals surface area contributed by atoms with E-state index in [1.807, 2.05) is 23.5 Å². The molecule has 1 aliphatic carbocycles. The average molecular weight is 495 g/mol. The van der Waals surface area contributed by atoms with Gasteiger partial charge in [0.15, 0.2) is 0 Å². The predicted octanol–water partition coefficient (Wildman–Crippen LogP) is 9.90. The lowest BCUT2D eigenvalue weighted by Crippen LogP contribution is -2.13. The van der Waals surface area contributed by atoms with Gasteiger partial charge in [-0.15, -0.1) is 23.5 Å². The third-order valence-corrected chi connectivity index (χ3v) is 9.72. The minimum Gasteiger partial charge on any atom is -0.121 e. The maximum absolute atomic E-state index is 2.51. The number of fused-ring (bicyclic) bond motifs is 5. The first-order valence-corrected chi connectivity index (χ1v) is 14.7. The van der Waals surface area contributed by atoms with Gasteiger partial charge in [0.2, 0.25) is 0 Å². The van der Waals surface area contributed by atoms with Crippen LogP contribution in [0.3, 0.4) is 0 Å². The van der Waals surface area contributed by atoms with Crippen LogP contribution >= 0.6 is 23.5 Å². The summed E-state index contributed by atoms with van der Waals surface area (Å²) in [7, 11) is 0. The normalized spacial score (nSPS) is 15.1. The molecule has 0 atom stereocenters. The fourth-order valence-corrected chi connectivity index (χ4v) is 7.27. The molecule has 0 saturated carbocycles. The third kappa shape index (κ3) is 4.23. The van der Waals surface area contributed by atoms with E-state index in [0.717, 1.165) is 17.9 Å². The van der Waals surface area contributed by atoms with Crippen molar-refractivity contribution >= 4 is 34.3 Å². The van der Waals surface area contributed by atoms with Gasteiger partial charge in [-0.2, -0.15) is 0 Å². The van der Waals surface area contributed by atoms with Crippen molar-refractivity contribution in [2.45, 2.75) is 80.1 Å². The molecule has 0 fully saturated rings. The van der Waals surface area contributed by atoms with Gasteiger partial charge in [-0.3, -0.25) is 0 Å². The number of thioether (sulfide) groups is 2. The fourth-order valence-electron chi connectivity index (χ4n) is 5.37. The molecule has 2 aliphatic heterocycles. The van der Waals surface area contributed by atoms with Gasteiger partial charge in [-0.05, 0) is 96.8 Å². The maximum atomic E-state index is 2.51. The van der Waals surface area contributed by atoms with Crippen molar-refractivity contribution in [3.05, 3.63) is 94.0 Å². The highest BCUT2D eigenvalue weighted by Crippen LogP contribution is 2.46. The van der Waals surface area contributed by atoms with Crippen LogP contribution in [0.2, 0.25) is 0 Å². The number of rotatable bonds is 0. The van der Waals surface area contributed by atoms with Gasteiger partial charge in [-0.1, -0.05) is 77.9 Å². The van der Waals surface area contributed by atoms with Crippen molar-refractivity contribution in [3.8, 4) is 11.1 Å². The summed E-state index contributed by atoms with van der Waals surface area (Å²) in [5.41, 5.74) is 12.2. The SMILES string of the molecule is CC(C)(C)c1cc2c3c(c1)-c1cc(C(C)(C)C)cc(c1C3)CSc1ccc3cc(ccc3c1)SC2. The number of hydrogen-bond donors (Lipinski definition) is 0. The van der Waals surface area contributed by atoms with Gasteiger partial charge >= 0.3 is 0 Å². The molecule has 0 nitrogen and oxygen atoms in total. The number of hydrogen-bond acceptors (Lipinski definition) is 2. The van der Waals surface area contributed by atoms with Crippen LogP contribution in [0.4, 0.5) is 0 Å². The minimum atomic E-state index is 0.124. The maximum Gasteiger partial charge on any atom is 0.0235 e. The first-order valence-electron chi connectivity index (χ1n) is 12.7. The summed E-state index contributed by atoms with van der Waals surface area (Å²) in [4.78, 5) is 2.71. The first-order chi connectivity index (χ1) is 16.6. The van der Waals surface area contributed by atoms with E-state index in [9.17, 15) is 0 Å². The minimum absolute atomic E-state index is 0.124. The van der Waals surface area contributed by atoms with E-state index >= 15 is 0 Å². The second-order valence-electron chi connectivity index (χ2n) is 12.2. The van der Waals surface area contributed by atoms with E-state index < -0.39 is 0 Å². The first kappa shape index (κ1) is 23.3. The summed E-state index contributed by atoms with van der Waals surface area (Å²) in [6.45, 7) is 14.1. The lowest BCUT2D eigenvalue weighted by Gasteiger charge is -2.24. The molecule has 4 aromatic rings. The van der Waals surface area contributed by atoms with Crippen molar-refractivity contribution in [1.82, 2.24) is 0 Å². The molecule has 0 saturated heterocycles. The molecule has 0 spiro atoms. The molecular formula is C33H34S2. The van der Waals surface area contributed by atoms with Crippen molar-refractivity contribution in [2.75, 3.05) is 0 Å². The molecule has 0 N–H and O–H groups in total. The van der Waals surface area contributed by atoms with Gasteiger partial charge in [0, 0.05) is 21.3 Å². The van der Waals surface area contributed by atoms with Crippen LogP contribution in [0.15, 0.2) is 70.5 Å². The zero-order valence-corrected chi connectivity index (χ0v) is 23.3. The highest BCUT2D eigenvalue weighted by Gasteiger charge is 2.29. The molecule has 3 aliphatic rings. The van der Waals surface area contributed by atoms with E-state index in [1.165, 1.54) is 53.9 Å². The monoisotopic (exact) mass is 494 g/mol. The zero-order chi connectivity index (χ0) is 24.5. The molecule has 6 bridgehead atoms.